The number of amides is 1. The Morgan fingerprint density at radius 1 is 1.32 bits per heavy atom. The maximum absolute atomic E-state index is 11.6. The topological polar surface area (TPSA) is 121 Å². The average molecular weight is 321 g/mol. The minimum absolute atomic E-state index is 0.110. The number of hydrogen-bond acceptors (Lipinski definition) is 8. The van der Waals surface area contributed by atoms with Gasteiger partial charge < -0.3 is 14.9 Å². The van der Waals surface area contributed by atoms with Crippen LogP contribution in [0.1, 0.15) is 5.56 Å². The number of nitrogens with one attached hydrogen (secondary N) is 1. The van der Waals surface area contributed by atoms with Gasteiger partial charge in [-0.3, -0.25) is 10.1 Å². The molecule has 1 aromatic carbocycles. The number of aromatic hydroxyl groups is 2. The van der Waals surface area contributed by atoms with Crippen molar-refractivity contribution in [2.24, 2.45) is 10.2 Å². The maximum Gasteiger partial charge on any atom is 0.331 e. The van der Waals surface area contributed by atoms with Crippen LogP contribution in [0.25, 0.3) is 0 Å². The van der Waals surface area contributed by atoms with Gasteiger partial charge >= 0.3 is 5.97 Å². The lowest BCUT2D eigenvalue weighted by Crippen LogP contribution is -2.19. The van der Waals surface area contributed by atoms with Gasteiger partial charge in [-0.15, -0.1) is 5.10 Å². The minimum Gasteiger partial charge on any atom is -0.508 e. The summed E-state index contributed by atoms with van der Waals surface area (Å²) in [5.41, 5.74) is 0.432. The number of phenolic OH excluding ortho intramolecular Hbond substituents is 2. The molecule has 1 aliphatic heterocycles. The highest BCUT2D eigenvalue weighted by Crippen LogP contribution is 2.23. The van der Waals surface area contributed by atoms with Crippen LogP contribution in [0, 0.1) is 0 Å². The monoisotopic (exact) mass is 321 g/mol. The summed E-state index contributed by atoms with van der Waals surface area (Å²) in [6, 6.07) is 3.94. The number of methoxy groups -OCH3 is 1. The van der Waals surface area contributed by atoms with E-state index in [-0.39, 0.29) is 21.6 Å². The van der Waals surface area contributed by atoms with Crippen LogP contribution in [-0.2, 0) is 14.3 Å². The predicted molar refractivity (Wildman–Crippen MR) is 80.6 cm³/mol. The van der Waals surface area contributed by atoms with Crippen LogP contribution in [0.15, 0.2) is 39.4 Å². The fourth-order valence-electron chi connectivity index (χ4n) is 1.48. The van der Waals surface area contributed by atoms with Crippen molar-refractivity contribution >= 4 is 35.0 Å². The van der Waals surface area contributed by atoms with Gasteiger partial charge in [0.25, 0.3) is 5.91 Å². The first-order chi connectivity index (χ1) is 10.5. The molecule has 0 radical (unpaired) electrons. The molecule has 1 saturated heterocycles. The largest absolute Gasteiger partial charge is 0.508 e. The molecule has 0 aliphatic carbocycles. The van der Waals surface area contributed by atoms with E-state index in [0.717, 1.165) is 17.8 Å². The second kappa shape index (κ2) is 6.76. The Hall–Kier alpha value is -2.81. The van der Waals surface area contributed by atoms with Crippen molar-refractivity contribution in [2.75, 3.05) is 7.11 Å². The van der Waals surface area contributed by atoms with Gasteiger partial charge in [0.15, 0.2) is 5.17 Å². The molecule has 0 bridgehead atoms. The van der Waals surface area contributed by atoms with E-state index < -0.39 is 11.9 Å². The Labute approximate surface area is 129 Å². The van der Waals surface area contributed by atoms with Crippen LogP contribution >= 0.6 is 11.8 Å². The summed E-state index contributed by atoms with van der Waals surface area (Å²) in [6.07, 6.45) is 2.35. The van der Waals surface area contributed by atoms with Crippen molar-refractivity contribution in [1.82, 2.24) is 5.32 Å². The van der Waals surface area contributed by atoms with E-state index in [1.165, 1.54) is 31.5 Å². The summed E-state index contributed by atoms with van der Waals surface area (Å²) in [6.45, 7) is 0. The van der Waals surface area contributed by atoms with E-state index in [4.69, 9.17) is 0 Å². The zero-order chi connectivity index (χ0) is 16.1. The van der Waals surface area contributed by atoms with E-state index >= 15 is 0 Å². The summed E-state index contributed by atoms with van der Waals surface area (Å²) in [4.78, 5) is 22.8. The summed E-state index contributed by atoms with van der Waals surface area (Å²) in [5.74, 6) is -1.33. The highest BCUT2D eigenvalue weighted by Gasteiger charge is 2.24. The summed E-state index contributed by atoms with van der Waals surface area (Å²) in [7, 11) is 1.21. The van der Waals surface area contributed by atoms with Crippen LogP contribution in [0.3, 0.4) is 0 Å². The first kappa shape index (κ1) is 15.6. The first-order valence-electron chi connectivity index (χ1n) is 5.91. The number of carbonyl (C=O) groups is 2. The van der Waals surface area contributed by atoms with Crippen LogP contribution in [0.2, 0.25) is 0 Å². The van der Waals surface area contributed by atoms with E-state index in [1.54, 1.807) is 0 Å². The van der Waals surface area contributed by atoms with Gasteiger partial charge in [0.2, 0.25) is 0 Å². The standard InChI is InChI=1S/C13H11N3O5S/c1-21-11(19)5-10-12(20)15-13(22-10)16-14-6-7-2-8(17)4-9(18)3-7/h2-6,17-18H,1H3,(H,15,16,20)/b10-5+,14-6?. The number of phenols is 2. The third-order valence-electron chi connectivity index (χ3n) is 2.38. The molecule has 1 heterocycles. The Morgan fingerprint density at radius 3 is 2.64 bits per heavy atom. The fraction of sp³-hybridized carbons (Fsp3) is 0.0769. The van der Waals surface area contributed by atoms with Crippen molar-refractivity contribution in [2.45, 2.75) is 0 Å². The van der Waals surface area contributed by atoms with Crippen molar-refractivity contribution < 1.29 is 24.5 Å². The number of carbonyl (C=O) groups excluding carboxylic acids is 2. The molecule has 0 saturated carbocycles. The molecule has 0 aromatic heterocycles. The average Bonchev–Trinajstić information content (AvgIpc) is 2.78. The second-order valence-electron chi connectivity index (χ2n) is 4.02. The maximum atomic E-state index is 11.6. The van der Waals surface area contributed by atoms with Crippen molar-refractivity contribution in [1.29, 1.82) is 0 Å². The molecule has 114 valence electrons. The lowest BCUT2D eigenvalue weighted by Gasteiger charge is -1.96. The molecule has 9 heteroatoms. The van der Waals surface area contributed by atoms with E-state index in [9.17, 15) is 19.8 Å². The zero-order valence-electron chi connectivity index (χ0n) is 11.3. The van der Waals surface area contributed by atoms with E-state index in [0.29, 0.717) is 5.56 Å². The molecule has 0 spiro atoms. The van der Waals surface area contributed by atoms with Crippen molar-refractivity contribution in [3.05, 3.63) is 34.7 Å². The predicted octanol–water partition coefficient (Wildman–Crippen LogP) is 0.708. The Bertz CT molecular complexity index is 691. The van der Waals surface area contributed by atoms with Crippen LogP contribution in [0.4, 0.5) is 0 Å². The SMILES string of the molecule is COC(=O)/C=C1/S/C(=N\N=Cc2cc(O)cc(O)c2)NC1=O. The number of ether oxygens (including phenoxy) is 1. The zero-order valence-corrected chi connectivity index (χ0v) is 12.1. The molecule has 1 aliphatic rings. The van der Waals surface area contributed by atoms with Crippen molar-refractivity contribution in [3.8, 4) is 11.5 Å². The molecular weight excluding hydrogens is 310 g/mol. The van der Waals surface area contributed by atoms with E-state index in [1.807, 2.05) is 0 Å². The highest BCUT2D eigenvalue weighted by molar-refractivity contribution is 8.18. The lowest BCUT2D eigenvalue weighted by atomic mass is 10.2. The van der Waals surface area contributed by atoms with Crippen LogP contribution in [-0.4, -0.2) is 40.6 Å². The Kier molecular flexibility index (Phi) is 4.79. The smallest absolute Gasteiger partial charge is 0.331 e. The molecule has 1 amide bonds. The molecule has 0 atom stereocenters. The molecule has 3 N–H and O–H groups in total. The number of rotatable bonds is 3. The number of hydrogen-bond donors (Lipinski definition) is 3. The fourth-order valence-corrected chi connectivity index (χ4v) is 2.22. The minimum atomic E-state index is -0.641. The van der Waals surface area contributed by atoms with Gasteiger partial charge in [0.05, 0.1) is 18.2 Å². The van der Waals surface area contributed by atoms with Gasteiger partial charge in [-0.2, -0.15) is 5.10 Å². The molecule has 22 heavy (non-hydrogen) atoms. The molecule has 8 nitrogen and oxygen atoms in total. The number of nitrogens with zero attached hydrogens (tertiary/aromatic N) is 2. The number of thioether (sulfide) groups is 1. The third-order valence-corrected chi connectivity index (χ3v) is 3.28. The molecule has 0 unspecified atom stereocenters. The third kappa shape index (κ3) is 4.09. The highest BCUT2D eigenvalue weighted by atomic mass is 32.2. The summed E-state index contributed by atoms with van der Waals surface area (Å²) >= 11 is 0.941. The number of esters is 1. The van der Waals surface area contributed by atoms with Crippen LogP contribution < -0.4 is 5.32 Å². The molecule has 2 rings (SSSR count). The quantitative estimate of drug-likeness (QED) is 0.326. The van der Waals surface area contributed by atoms with Gasteiger partial charge in [0.1, 0.15) is 11.5 Å². The van der Waals surface area contributed by atoms with Gasteiger partial charge in [-0.05, 0) is 23.9 Å². The number of amidine groups is 1. The van der Waals surface area contributed by atoms with Gasteiger partial charge in [0, 0.05) is 17.7 Å². The molecule has 1 aromatic rings. The summed E-state index contributed by atoms with van der Waals surface area (Å²) < 4.78 is 4.43. The van der Waals surface area contributed by atoms with Gasteiger partial charge in [-0.1, -0.05) is 0 Å². The second-order valence-corrected chi connectivity index (χ2v) is 5.05. The molecular formula is C13H11N3O5S. The Morgan fingerprint density at radius 2 is 2.00 bits per heavy atom. The van der Waals surface area contributed by atoms with E-state index in [2.05, 4.69) is 20.3 Å². The van der Waals surface area contributed by atoms with Crippen molar-refractivity contribution in [3.63, 3.8) is 0 Å². The lowest BCUT2D eigenvalue weighted by molar-refractivity contribution is -0.135. The normalized spacial score (nSPS) is 18.1. The van der Waals surface area contributed by atoms with Gasteiger partial charge in [-0.25, -0.2) is 4.79 Å². The Balaban J connectivity index is 2.08. The first-order valence-corrected chi connectivity index (χ1v) is 6.72. The summed E-state index contributed by atoms with van der Waals surface area (Å²) in [5, 5.41) is 28.8. The molecule has 1 fully saturated rings. The van der Waals surface area contributed by atoms with Crippen LogP contribution in [0.5, 0.6) is 11.5 Å². The number of benzene rings is 1.